The Bertz CT molecular complexity index is 1110. The molecule has 8 nitrogen and oxygen atoms in total. The summed E-state index contributed by atoms with van der Waals surface area (Å²) in [4.78, 5) is 22.5. The van der Waals surface area contributed by atoms with Crippen LogP contribution in [-0.2, 0) is 14.1 Å². The first-order valence-electron chi connectivity index (χ1n) is 9.22. The van der Waals surface area contributed by atoms with Gasteiger partial charge in [0.25, 0.3) is 11.1 Å². The summed E-state index contributed by atoms with van der Waals surface area (Å²) < 4.78 is 13.0. The van der Waals surface area contributed by atoms with E-state index in [4.69, 9.17) is 9.47 Å². The maximum absolute atomic E-state index is 11.2. The Hall–Kier alpha value is -3.94. The zero-order valence-corrected chi connectivity index (χ0v) is 17.3. The maximum Gasteiger partial charge on any atom is 0.266 e. The summed E-state index contributed by atoms with van der Waals surface area (Å²) in [5.41, 5.74) is 3.47. The van der Waals surface area contributed by atoms with E-state index in [2.05, 4.69) is 10.2 Å². The highest BCUT2D eigenvalue weighted by Crippen LogP contribution is 2.20. The van der Waals surface area contributed by atoms with Gasteiger partial charge in [0, 0.05) is 26.2 Å². The van der Waals surface area contributed by atoms with Gasteiger partial charge in [-0.2, -0.15) is 0 Å². The number of benzene rings is 2. The molecule has 0 amide bonds. The summed E-state index contributed by atoms with van der Waals surface area (Å²) in [5, 5.41) is 5.92. The fourth-order valence-corrected chi connectivity index (χ4v) is 2.81. The minimum Gasteiger partial charge on any atom is -0.497 e. The molecule has 2 aromatic heterocycles. The van der Waals surface area contributed by atoms with Crippen LogP contribution in [0.3, 0.4) is 0 Å². The van der Waals surface area contributed by atoms with Gasteiger partial charge in [-0.3, -0.25) is 29.2 Å². The summed E-state index contributed by atoms with van der Waals surface area (Å²) in [5.74, 6) is 1.61. The molecule has 0 spiro atoms. The van der Waals surface area contributed by atoms with Crippen LogP contribution in [-0.4, -0.2) is 33.8 Å². The molecule has 30 heavy (non-hydrogen) atoms. The van der Waals surface area contributed by atoms with Gasteiger partial charge in [0.05, 0.1) is 25.6 Å². The predicted octanol–water partition coefficient (Wildman–Crippen LogP) is 2.78. The second kappa shape index (κ2) is 9.04. The van der Waals surface area contributed by atoms with Gasteiger partial charge < -0.3 is 9.47 Å². The smallest absolute Gasteiger partial charge is 0.266 e. The highest BCUT2D eigenvalue weighted by atomic mass is 16.5. The lowest BCUT2D eigenvalue weighted by atomic mass is 10.1. The zero-order chi connectivity index (χ0) is 21.7. The highest BCUT2D eigenvalue weighted by Gasteiger charge is 2.03. The molecule has 0 fully saturated rings. The van der Waals surface area contributed by atoms with E-state index in [1.165, 1.54) is 9.36 Å². The number of rotatable bonds is 4. The second-order valence-corrected chi connectivity index (χ2v) is 6.59. The minimum absolute atomic E-state index is 0.0409. The molecule has 4 aromatic rings. The fourth-order valence-electron chi connectivity index (χ4n) is 2.81. The van der Waals surface area contributed by atoms with Crippen molar-refractivity contribution >= 4 is 0 Å². The van der Waals surface area contributed by atoms with Gasteiger partial charge in [-0.25, -0.2) is 0 Å². The van der Waals surface area contributed by atoms with Gasteiger partial charge in [0.1, 0.15) is 11.5 Å². The fraction of sp³-hybridized carbons (Fsp3) is 0.182. The summed E-state index contributed by atoms with van der Waals surface area (Å²) in [6.45, 7) is 0. The van der Waals surface area contributed by atoms with Crippen molar-refractivity contribution < 1.29 is 9.47 Å². The van der Waals surface area contributed by atoms with Gasteiger partial charge in [-0.1, -0.05) is 0 Å². The first-order chi connectivity index (χ1) is 14.4. The molecule has 2 aromatic carbocycles. The van der Waals surface area contributed by atoms with Crippen molar-refractivity contribution in [1.29, 1.82) is 0 Å². The molecule has 0 bridgehead atoms. The number of nitrogens with zero attached hydrogens (tertiary/aromatic N) is 2. The van der Waals surface area contributed by atoms with Crippen LogP contribution in [0.15, 0.2) is 70.3 Å². The minimum atomic E-state index is -0.0409. The number of H-pyrrole nitrogens is 2. The molecule has 0 saturated heterocycles. The van der Waals surface area contributed by atoms with Crippen molar-refractivity contribution in [3.8, 4) is 34.0 Å². The molecular formula is C22H24N4O4. The number of methoxy groups -OCH3 is 2. The van der Waals surface area contributed by atoms with Crippen molar-refractivity contribution in [1.82, 2.24) is 19.6 Å². The number of aromatic nitrogens is 4. The van der Waals surface area contributed by atoms with Crippen LogP contribution in [0.4, 0.5) is 0 Å². The zero-order valence-electron chi connectivity index (χ0n) is 17.3. The number of hydrogen-bond donors (Lipinski definition) is 2. The molecule has 8 heteroatoms. The quantitative estimate of drug-likeness (QED) is 0.543. The van der Waals surface area contributed by atoms with Crippen molar-refractivity contribution in [2.75, 3.05) is 14.2 Å². The predicted molar refractivity (Wildman–Crippen MR) is 116 cm³/mol. The van der Waals surface area contributed by atoms with Crippen LogP contribution in [0, 0.1) is 0 Å². The Morgan fingerprint density at radius 2 is 0.967 bits per heavy atom. The standard InChI is InChI=1S/2C11H12N2O2/c2*1-13-11(14)7-10(12-13)8-3-5-9(15-2)6-4-8/h2*3-7,12H,1-2H3. The Kier molecular flexibility index (Phi) is 6.26. The van der Waals surface area contributed by atoms with E-state index in [1.54, 1.807) is 40.4 Å². The van der Waals surface area contributed by atoms with E-state index in [9.17, 15) is 9.59 Å². The molecule has 156 valence electrons. The first-order valence-corrected chi connectivity index (χ1v) is 9.22. The van der Waals surface area contributed by atoms with Crippen molar-refractivity contribution in [2.24, 2.45) is 14.1 Å². The Morgan fingerprint density at radius 1 is 0.633 bits per heavy atom. The molecule has 0 aliphatic carbocycles. The molecule has 0 atom stereocenters. The highest BCUT2D eigenvalue weighted by molar-refractivity contribution is 5.60. The lowest BCUT2D eigenvalue weighted by Gasteiger charge is -2.00. The van der Waals surface area contributed by atoms with E-state index in [1.807, 2.05) is 48.5 Å². The van der Waals surface area contributed by atoms with Gasteiger partial charge in [-0.05, 0) is 59.7 Å². The third-order valence-electron chi connectivity index (χ3n) is 4.58. The van der Waals surface area contributed by atoms with E-state index in [0.717, 1.165) is 34.0 Å². The van der Waals surface area contributed by atoms with Gasteiger partial charge in [-0.15, -0.1) is 0 Å². The molecule has 0 radical (unpaired) electrons. The number of ether oxygens (including phenoxy) is 2. The summed E-state index contributed by atoms with van der Waals surface area (Å²) in [6, 6.07) is 18.2. The van der Waals surface area contributed by atoms with Crippen LogP contribution in [0.2, 0.25) is 0 Å². The number of aryl methyl sites for hydroxylation is 2. The number of hydrogen-bond acceptors (Lipinski definition) is 4. The lowest BCUT2D eigenvalue weighted by Crippen LogP contribution is -2.09. The third kappa shape index (κ3) is 4.72. The van der Waals surface area contributed by atoms with Crippen LogP contribution >= 0.6 is 0 Å². The molecule has 0 unspecified atom stereocenters. The Labute approximate surface area is 173 Å². The summed E-state index contributed by atoms with van der Waals surface area (Å²) >= 11 is 0. The molecule has 4 rings (SSSR count). The first kappa shape index (κ1) is 20.8. The lowest BCUT2D eigenvalue weighted by molar-refractivity contribution is 0.415. The van der Waals surface area contributed by atoms with Crippen LogP contribution in [0.25, 0.3) is 22.5 Å². The maximum atomic E-state index is 11.2. The van der Waals surface area contributed by atoms with E-state index < -0.39 is 0 Å². The van der Waals surface area contributed by atoms with Gasteiger partial charge in [0.15, 0.2) is 0 Å². The number of aromatic amines is 2. The van der Waals surface area contributed by atoms with Crippen molar-refractivity contribution in [3.05, 3.63) is 81.4 Å². The monoisotopic (exact) mass is 408 g/mol. The Morgan fingerprint density at radius 3 is 1.20 bits per heavy atom. The van der Waals surface area contributed by atoms with Crippen molar-refractivity contribution in [3.63, 3.8) is 0 Å². The van der Waals surface area contributed by atoms with Gasteiger partial charge in [0.2, 0.25) is 0 Å². The molecule has 0 aliphatic heterocycles. The van der Waals surface area contributed by atoms with E-state index >= 15 is 0 Å². The van der Waals surface area contributed by atoms with E-state index in [0.29, 0.717) is 0 Å². The van der Waals surface area contributed by atoms with Crippen LogP contribution < -0.4 is 20.6 Å². The molecule has 2 N–H and O–H groups in total. The molecular weight excluding hydrogens is 384 g/mol. The molecule has 2 heterocycles. The average Bonchev–Trinajstić information content (AvgIpc) is 3.29. The largest absolute Gasteiger partial charge is 0.497 e. The normalized spacial score (nSPS) is 10.3. The average molecular weight is 408 g/mol. The van der Waals surface area contributed by atoms with Crippen molar-refractivity contribution in [2.45, 2.75) is 0 Å². The topological polar surface area (TPSA) is 94.0 Å². The number of nitrogens with one attached hydrogen (secondary N) is 2. The molecule has 0 saturated carbocycles. The SMILES string of the molecule is COc1ccc(-c2cc(=O)n(C)[nH]2)cc1.COc1ccc(-c2cc(=O)n(C)[nH]2)cc1. The van der Waals surface area contributed by atoms with Gasteiger partial charge >= 0.3 is 0 Å². The van der Waals surface area contributed by atoms with Crippen LogP contribution in [0.5, 0.6) is 11.5 Å². The summed E-state index contributed by atoms with van der Waals surface area (Å²) in [6.07, 6.45) is 0. The summed E-state index contributed by atoms with van der Waals surface area (Å²) in [7, 11) is 6.63. The third-order valence-corrected chi connectivity index (χ3v) is 4.58. The van der Waals surface area contributed by atoms with Crippen LogP contribution in [0.1, 0.15) is 0 Å². The second-order valence-electron chi connectivity index (χ2n) is 6.59. The molecule has 0 aliphatic rings. The van der Waals surface area contributed by atoms with E-state index in [-0.39, 0.29) is 11.1 Å². The Balaban J connectivity index is 0.000000171.